The van der Waals surface area contributed by atoms with E-state index in [0.717, 1.165) is 16.5 Å². The van der Waals surface area contributed by atoms with Gasteiger partial charge in [0.1, 0.15) is 4.92 Å². The third-order valence-electron chi connectivity index (χ3n) is 1.82. The Labute approximate surface area is 105 Å². The molecule has 0 saturated heterocycles. The van der Waals surface area contributed by atoms with Gasteiger partial charge in [-0.1, -0.05) is 30.0 Å². The van der Waals surface area contributed by atoms with E-state index in [1.807, 2.05) is 0 Å². The lowest BCUT2D eigenvalue weighted by Crippen LogP contribution is -1.82. The molecule has 2 heterocycles. The van der Waals surface area contributed by atoms with Crippen LogP contribution in [0.15, 0.2) is 20.9 Å². The highest BCUT2D eigenvalue weighted by molar-refractivity contribution is 8.01. The third kappa shape index (κ3) is 2.83. The van der Waals surface area contributed by atoms with Gasteiger partial charge in [-0.25, -0.2) is 0 Å². The predicted molar refractivity (Wildman–Crippen MR) is 65.3 cm³/mol. The van der Waals surface area contributed by atoms with Gasteiger partial charge in [-0.2, -0.15) is 0 Å². The summed E-state index contributed by atoms with van der Waals surface area (Å²) in [6.07, 6.45) is 1.06. The van der Waals surface area contributed by atoms with Gasteiger partial charge in [-0.15, -0.1) is 10.2 Å². The monoisotopic (exact) mass is 271 g/mol. The van der Waals surface area contributed by atoms with Gasteiger partial charge in [0.15, 0.2) is 15.1 Å². The van der Waals surface area contributed by atoms with Crippen molar-refractivity contribution in [1.82, 2.24) is 10.2 Å². The largest absolute Gasteiger partial charge is 0.433 e. The Balaban J connectivity index is 2.15. The molecule has 0 aromatic carbocycles. The molecule has 2 aromatic heterocycles. The lowest BCUT2D eigenvalue weighted by atomic mass is 10.5. The van der Waals surface area contributed by atoms with Crippen LogP contribution in [-0.2, 0) is 0 Å². The van der Waals surface area contributed by atoms with Crippen LogP contribution in [-0.4, -0.2) is 20.9 Å². The van der Waals surface area contributed by atoms with E-state index in [1.54, 1.807) is 11.8 Å². The Morgan fingerprint density at radius 2 is 2.35 bits per heavy atom. The first kappa shape index (κ1) is 12.1. The van der Waals surface area contributed by atoms with E-state index in [2.05, 4.69) is 17.1 Å². The highest BCUT2D eigenvalue weighted by Crippen LogP contribution is 2.32. The molecule has 0 bridgehead atoms. The molecule has 0 spiro atoms. The van der Waals surface area contributed by atoms with E-state index in [-0.39, 0.29) is 5.88 Å². The molecule has 0 aliphatic heterocycles. The SMILES string of the molecule is CCCSc1nnc(-c2ccc([N+](=O)[O-])o2)s1. The lowest BCUT2D eigenvalue weighted by Gasteiger charge is -1.88. The van der Waals surface area contributed by atoms with Gasteiger partial charge in [-0.05, 0) is 12.5 Å². The number of aromatic nitrogens is 2. The molecule has 17 heavy (non-hydrogen) atoms. The zero-order valence-corrected chi connectivity index (χ0v) is 10.6. The van der Waals surface area contributed by atoms with Gasteiger partial charge in [0.05, 0.1) is 6.07 Å². The number of rotatable bonds is 5. The zero-order chi connectivity index (χ0) is 12.3. The van der Waals surface area contributed by atoms with Crippen molar-refractivity contribution in [1.29, 1.82) is 0 Å². The minimum atomic E-state index is -0.572. The molecule has 0 radical (unpaired) electrons. The molecule has 90 valence electrons. The van der Waals surface area contributed by atoms with Crippen molar-refractivity contribution in [3.8, 4) is 10.8 Å². The number of hydrogen-bond donors (Lipinski definition) is 0. The summed E-state index contributed by atoms with van der Waals surface area (Å²) in [5, 5.41) is 19.0. The molecule has 2 rings (SSSR count). The summed E-state index contributed by atoms with van der Waals surface area (Å²) in [6, 6.07) is 2.85. The molecule has 2 aromatic rings. The second-order valence-corrected chi connectivity index (χ2v) is 5.44. The minimum Gasteiger partial charge on any atom is -0.398 e. The maximum Gasteiger partial charge on any atom is 0.433 e. The van der Waals surface area contributed by atoms with Gasteiger partial charge in [0.25, 0.3) is 0 Å². The quantitative estimate of drug-likeness (QED) is 0.472. The number of hydrogen-bond acceptors (Lipinski definition) is 7. The Kier molecular flexibility index (Phi) is 3.75. The summed E-state index contributed by atoms with van der Waals surface area (Å²) in [6.45, 7) is 2.09. The second kappa shape index (κ2) is 5.28. The average molecular weight is 271 g/mol. The van der Waals surface area contributed by atoms with Crippen molar-refractivity contribution in [3.05, 3.63) is 22.2 Å². The lowest BCUT2D eigenvalue weighted by molar-refractivity contribution is -0.401. The first-order chi connectivity index (χ1) is 8.20. The van der Waals surface area contributed by atoms with E-state index in [0.29, 0.717) is 10.8 Å². The molecular formula is C9H9N3O3S2. The molecule has 0 amide bonds. The Hall–Kier alpha value is -1.41. The fraction of sp³-hybridized carbons (Fsp3) is 0.333. The fourth-order valence-corrected chi connectivity index (χ4v) is 2.84. The molecule has 0 aliphatic carbocycles. The summed E-state index contributed by atoms with van der Waals surface area (Å²) in [5.74, 6) is 1.09. The van der Waals surface area contributed by atoms with Crippen LogP contribution in [0.3, 0.4) is 0 Å². The minimum absolute atomic E-state index is 0.280. The van der Waals surface area contributed by atoms with Crippen LogP contribution in [0.4, 0.5) is 5.88 Å². The topological polar surface area (TPSA) is 82.1 Å². The molecule has 8 heteroatoms. The maximum atomic E-state index is 10.5. The maximum absolute atomic E-state index is 10.5. The first-order valence-corrected chi connectivity index (χ1v) is 6.72. The van der Waals surface area contributed by atoms with Crippen LogP contribution in [0.2, 0.25) is 0 Å². The van der Waals surface area contributed by atoms with Crippen molar-refractivity contribution in [2.75, 3.05) is 5.75 Å². The van der Waals surface area contributed by atoms with Crippen molar-refractivity contribution < 1.29 is 9.34 Å². The number of nitrogens with zero attached hydrogens (tertiary/aromatic N) is 3. The van der Waals surface area contributed by atoms with Crippen LogP contribution in [0.5, 0.6) is 0 Å². The number of furan rings is 1. The highest BCUT2D eigenvalue weighted by Gasteiger charge is 2.16. The van der Waals surface area contributed by atoms with Crippen LogP contribution in [0.25, 0.3) is 10.8 Å². The summed E-state index contributed by atoms with van der Waals surface area (Å²) in [7, 11) is 0. The summed E-state index contributed by atoms with van der Waals surface area (Å²) in [5.41, 5.74) is 0. The van der Waals surface area contributed by atoms with E-state index >= 15 is 0 Å². The van der Waals surface area contributed by atoms with E-state index in [4.69, 9.17) is 4.42 Å². The summed E-state index contributed by atoms with van der Waals surface area (Å²) >= 11 is 2.99. The molecule has 0 unspecified atom stereocenters. The molecule has 0 atom stereocenters. The van der Waals surface area contributed by atoms with Crippen LogP contribution < -0.4 is 0 Å². The van der Waals surface area contributed by atoms with E-state index < -0.39 is 4.92 Å². The van der Waals surface area contributed by atoms with Crippen molar-refractivity contribution in [3.63, 3.8) is 0 Å². The summed E-state index contributed by atoms with van der Waals surface area (Å²) in [4.78, 5) is 9.90. The highest BCUT2D eigenvalue weighted by atomic mass is 32.2. The second-order valence-electron chi connectivity index (χ2n) is 3.12. The van der Waals surface area contributed by atoms with Crippen LogP contribution in [0, 0.1) is 10.1 Å². The van der Waals surface area contributed by atoms with Crippen LogP contribution >= 0.6 is 23.1 Å². The molecule has 0 N–H and O–H groups in total. The Morgan fingerprint density at radius 3 is 3.00 bits per heavy atom. The zero-order valence-electron chi connectivity index (χ0n) is 8.95. The van der Waals surface area contributed by atoms with Gasteiger partial charge < -0.3 is 4.42 Å². The number of thioether (sulfide) groups is 1. The van der Waals surface area contributed by atoms with Crippen molar-refractivity contribution >= 4 is 29.0 Å². The van der Waals surface area contributed by atoms with Crippen molar-refractivity contribution in [2.24, 2.45) is 0 Å². The third-order valence-corrected chi connectivity index (χ3v) is 4.10. The smallest absolute Gasteiger partial charge is 0.398 e. The first-order valence-electron chi connectivity index (χ1n) is 4.91. The summed E-state index contributed by atoms with van der Waals surface area (Å²) < 4.78 is 5.90. The van der Waals surface area contributed by atoms with Gasteiger partial charge >= 0.3 is 5.88 Å². The van der Waals surface area contributed by atoms with E-state index in [9.17, 15) is 10.1 Å². The van der Waals surface area contributed by atoms with Gasteiger partial charge in [0, 0.05) is 5.75 Å². The Morgan fingerprint density at radius 1 is 1.53 bits per heavy atom. The molecular weight excluding hydrogens is 262 g/mol. The molecule has 0 fully saturated rings. The Bertz CT molecular complexity index is 523. The fourth-order valence-electron chi connectivity index (χ4n) is 1.10. The normalized spacial score (nSPS) is 10.6. The van der Waals surface area contributed by atoms with Crippen LogP contribution in [0.1, 0.15) is 13.3 Å². The van der Waals surface area contributed by atoms with Gasteiger partial charge in [0.2, 0.25) is 0 Å². The standard InChI is InChI=1S/C9H9N3O3S2/c1-2-5-16-9-11-10-8(17-9)6-3-4-7(15-6)12(13)14/h3-4H,2,5H2,1H3. The predicted octanol–water partition coefficient (Wildman–Crippen LogP) is 3.21. The van der Waals surface area contributed by atoms with Gasteiger partial charge in [-0.3, -0.25) is 10.1 Å². The molecule has 0 saturated carbocycles. The number of nitro groups is 1. The van der Waals surface area contributed by atoms with E-state index in [1.165, 1.54) is 23.5 Å². The molecule has 0 aliphatic rings. The molecule has 6 nitrogen and oxygen atoms in total. The van der Waals surface area contributed by atoms with Crippen molar-refractivity contribution in [2.45, 2.75) is 17.7 Å². The average Bonchev–Trinajstić information content (AvgIpc) is 2.94.